The zero-order valence-electron chi connectivity index (χ0n) is 23.9. The minimum atomic E-state index is -1.30. The topological polar surface area (TPSA) is 150 Å². The van der Waals surface area contributed by atoms with Crippen LogP contribution in [-0.2, 0) is 6.61 Å². The molecule has 234 valence electrons. The van der Waals surface area contributed by atoms with Crippen molar-refractivity contribution >= 4 is 34.0 Å². The maximum absolute atomic E-state index is 13.5. The molecule has 0 spiro atoms. The molecule has 1 saturated heterocycles. The molecule has 1 aliphatic rings. The van der Waals surface area contributed by atoms with Crippen LogP contribution < -0.4 is 19.5 Å². The Bertz CT molecular complexity index is 1580. The lowest BCUT2D eigenvalue weighted by atomic mass is 9.94. The highest BCUT2D eigenvalue weighted by molar-refractivity contribution is 6.32. The number of methoxy groups -OCH3 is 1. The zero-order chi connectivity index (χ0) is 31.2. The lowest BCUT2D eigenvalue weighted by Gasteiger charge is -2.43. The smallest absolute Gasteiger partial charge is 0.162 e. The Morgan fingerprint density at radius 1 is 1.00 bits per heavy atom. The molecule has 44 heavy (non-hydrogen) atoms. The monoisotopic (exact) mass is 628 g/mol. The lowest BCUT2D eigenvalue weighted by Crippen LogP contribution is -2.62. The van der Waals surface area contributed by atoms with Gasteiger partial charge < -0.3 is 40.0 Å². The Morgan fingerprint density at radius 3 is 2.59 bits per heavy atom. The molecule has 3 aromatic carbocycles. The molecule has 1 fully saturated rings. The first-order valence-electron chi connectivity index (χ1n) is 14.1. The van der Waals surface area contributed by atoms with E-state index in [2.05, 4.69) is 15.3 Å². The molecular weight excluding hydrogens is 595 g/mol. The number of ether oxygens (including phenoxy) is 3. The molecule has 4 aromatic rings. The SMILES string of the molecule is COc1cc2ncnc(Nc3ccc(OCc4cccc(F)c4)c(Cl)c3)c2cc1OCCCN1C[C@H](O)[C@@H](O)[C@H](O)[C@H]1CO. The number of aliphatic hydroxyl groups excluding tert-OH is 4. The van der Waals surface area contributed by atoms with Crippen LogP contribution in [0.1, 0.15) is 12.0 Å². The summed E-state index contributed by atoms with van der Waals surface area (Å²) in [7, 11) is 1.53. The number of nitrogens with zero attached hydrogens (tertiary/aromatic N) is 3. The highest BCUT2D eigenvalue weighted by atomic mass is 35.5. The third-order valence-corrected chi connectivity index (χ3v) is 7.76. The first-order valence-corrected chi connectivity index (χ1v) is 14.4. The maximum Gasteiger partial charge on any atom is 0.162 e. The number of piperidine rings is 1. The van der Waals surface area contributed by atoms with Crippen molar-refractivity contribution in [2.75, 3.05) is 38.7 Å². The van der Waals surface area contributed by atoms with Crippen molar-refractivity contribution in [3.8, 4) is 17.2 Å². The largest absolute Gasteiger partial charge is 0.493 e. The van der Waals surface area contributed by atoms with Crippen molar-refractivity contribution in [1.82, 2.24) is 14.9 Å². The molecule has 13 heteroatoms. The van der Waals surface area contributed by atoms with Gasteiger partial charge in [0.15, 0.2) is 11.5 Å². The fourth-order valence-corrected chi connectivity index (χ4v) is 5.38. The van der Waals surface area contributed by atoms with Crippen molar-refractivity contribution < 1.29 is 39.0 Å². The van der Waals surface area contributed by atoms with Crippen molar-refractivity contribution in [2.45, 2.75) is 37.4 Å². The summed E-state index contributed by atoms with van der Waals surface area (Å²) in [5.41, 5.74) is 1.96. The van der Waals surface area contributed by atoms with Crippen LogP contribution in [0, 0.1) is 5.82 Å². The molecule has 2 heterocycles. The van der Waals surface area contributed by atoms with Crippen molar-refractivity contribution in [1.29, 1.82) is 0 Å². The van der Waals surface area contributed by atoms with Gasteiger partial charge in [0, 0.05) is 30.2 Å². The minimum absolute atomic E-state index is 0.124. The number of benzene rings is 3. The summed E-state index contributed by atoms with van der Waals surface area (Å²) in [5, 5.41) is 44.2. The molecule has 4 atom stereocenters. The molecule has 5 N–H and O–H groups in total. The number of aromatic nitrogens is 2. The third kappa shape index (κ3) is 7.29. The van der Waals surface area contributed by atoms with E-state index in [1.54, 1.807) is 47.4 Å². The van der Waals surface area contributed by atoms with Crippen LogP contribution in [0.5, 0.6) is 17.2 Å². The molecule has 0 saturated carbocycles. The molecule has 0 aliphatic carbocycles. The Hall–Kier alpha value is -3.78. The number of hydrogen-bond donors (Lipinski definition) is 5. The van der Waals surface area contributed by atoms with Gasteiger partial charge in [-0.3, -0.25) is 4.90 Å². The number of fused-ring (bicyclic) bond motifs is 1. The van der Waals surface area contributed by atoms with E-state index in [0.29, 0.717) is 63.2 Å². The summed E-state index contributed by atoms with van der Waals surface area (Å²) in [5.74, 6) is 1.56. The van der Waals surface area contributed by atoms with Gasteiger partial charge in [-0.25, -0.2) is 14.4 Å². The maximum atomic E-state index is 13.5. The fourth-order valence-electron chi connectivity index (χ4n) is 5.14. The lowest BCUT2D eigenvalue weighted by molar-refractivity contribution is -0.145. The van der Waals surface area contributed by atoms with Gasteiger partial charge in [-0.05, 0) is 48.4 Å². The summed E-state index contributed by atoms with van der Waals surface area (Å²) >= 11 is 6.48. The van der Waals surface area contributed by atoms with Gasteiger partial charge in [0.2, 0.25) is 0 Å². The van der Waals surface area contributed by atoms with Crippen molar-refractivity contribution in [2.24, 2.45) is 0 Å². The summed E-state index contributed by atoms with van der Waals surface area (Å²) in [6.45, 7) is 0.628. The second kappa shape index (κ2) is 14.3. The van der Waals surface area contributed by atoms with Crippen LogP contribution in [0.15, 0.2) is 60.9 Å². The van der Waals surface area contributed by atoms with Crippen LogP contribution in [0.3, 0.4) is 0 Å². The van der Waals surface area contributed by atoms with E-state index in [1.807, 2.05) is 0 Å². The minimum Gasteiger partial charge on any atom is -0.493 e. The summed E-state index contributed by atoms with van der Waals surface area (Å²) in [6, 6.07) is 14.2. The predicted octanol–water partition coefficient (Wildman–Crippen LogP) is 3.28. The average Bonchev–Trinajstić information content (AvgIpc) is 3.01. The number of aliphatic hydroxyl groups is 4. The summed E-state index contributed by atoms with van der Waals surface area (Å²) in [6.07, 6.45) is -1.73. The van der Waals surface area contributed by atoms with Gasteiger partial charge in [-0.15, -0.1) is 0 Å². The van der Waals surface area contributed by atoms with E-state index in [0.717, 1.165) is 0 Å². The Kier molecular flexibility index (Phi) is 10.3. The molecule has 11 nitrogen and oxygen atoms in total. The molecular formula is C31H34ClFN4O7. The number of hydrogen-bond acceptors (Lipinski definition) is 11. The highest BCUT2D eigenvalue weighted by Crippen LogP contribution is 2.36. The van der Waals surface area contributed by atoms with Gasteiger partial charge in [-0.2, -0.15) is 0 Å². The van der Waals surface area contributed by atoms with Gasteiger partial charge in [0.05, 0.1) is 43.0 Å². The summed E-state index contributed by atoms with van der Waals surface area (Å²) < 4.78 is 30.8. The standard InChI is InChI=1S/C31H34ClFN4O7/c1-42-27-13-23-21(12-28(27)43-9-3-8-37-14-25(39)30(41)29(40)24(37)15-38)31(35-17-34-23)36-20-6-7-26(22(32)11-20)44-16-18-4-2-5-19(33)10-18/h2,4-7,10-13,17,24-25,29-30,38-41H,3,8-9,14-16H2,1H3,(H,34,35,36)/t24-,25+,29-,30-/m1/s1. The Labute approximate surface area is 258 Å². The van der Waals surface area contributed by atoms with E-state index in [9.17, 15) is 24.8 Å². The van der Waals surface area contributed by atoms with Crippen LogP contribution in [0.2, 0.25) is 5.02 Å². The van der Waals surface area contributed by atoms with Crippen molar-refractivity contribution in [3.05, 3.63) is 77.3 Å². The van der Waals surface area contributed by atoms with E-state index < -0.39 is 24.4 Å². The second-order valence-corrected chi connectivity index (χ2v) is 10.8. The Morgan fingerprint density at radius 2 is 1.84 bits per heavy atom. The van der Waals surface area contributed by atoms with Crippen LogP contribution in [-0.4, -0.2) is 93.1 Å². The molecule has 5 rings (SSSR count). The molecule has 1 aromatic heterocycles. The number of likely N-dealkylation sites (tertiary alicyclic amines) is 1. The van der Waals surface area contributed by atoms with Gasteiger partial charge in [0.1, 0.15) is 42.5 Å². The number of nitrogens with one attached hydrogen (secondary N) is 1. The number of β-amino-alcohol motifs (C(OH)–C–C–N with tert-alkyl or cyclic N) is 1. The average molecular weight is 629 g/mol. The summed E-state index contributed by atoms with van der Waals surface area (Å²) in [4.78, 5) is 10.5. The molecule has 1 aliphatic heterocycles. The zero-order valence-corrected chi connectivity index (χ0v) is 24.7. The van der Waals surface area contributed by atoms with Crippen LogP contribution in [0.4, 0.5) is 15.9 Å². The normalized spacial score (nSPS) is 20.4. The van der Waals surface area contributed by atoms with E-state index >= 15 is 0 Å². The first-order chi connectivity index (χ1) is 21.3. The van der Waals surface area contributed by atoms with Crippen molar-refractivity contribution in [3.63, 3.8) is 0 Å². The quantitative estimate of drug-likeness (QED) is 0.147. The fraction of sp³-hybridized carbons (Fsp3) is 0.355. The van der Waals surface area contributed by atoms with Gasteiger partial charge in [0.25, 0.3) is 0 Å². The van der Waals surface area contributed by atoms with Gasteiger partial charge >= 0.3 is 0 Å². The van der Waals surface area contributed by atoms with E-state index in [4.69, 9.17) is 25.8 Å². The molecule has 0 amide bonds. The second-order valence-electron chi connectivity index (χ2n) is 10.4. The number of rotatable bonds is 12. The van der Waals surface area contributed by atoms with Crippen LogP contribution in [0.25, 0.3) is 10.9 Å². The molecule has 0 unspecified atom stereocenters. The molecule has 0 radical (unpaired) electrons. The number of halogens is 2. The first kappa shape index (κ1) is 31.6. The Balaban J connectivity index is 1.26. The van der Waals surface area contributed by atoms with E-state index in [1.165, 1.54) is 25.6 Å². The van der Waals surface area contributed by atoms with Gasteiger partial charge in [-0.1, -0.05) is 23.7 Å². The van der Waals surface area contributed by atoms with E-state index in [-0.39, 0.29) is 32.2 Å². The van der Waals surface area contributed by atoms with Crippen LogP contribution >= 0.6 is 11.6 Å². The highest BCUT2D eigenvalue weighted by Gasteiger charge is 2.40. The third-order valence-electron chi connectivity index (χ3n) is 7.46. The molecule has 0 bridgehead atoms. The number of anilines is 2. The predicted molar refractivity (Wildman–Crippen MR) is 162 cm³/mol.